The normalized spacial score (nSPS) is 14.3. The average Bonchev–Trinajstić information content (AvgIpc) is 3.90. The van der Waals surface area contributed by atoms with E-state index >= 15 is 0 Å². The number of H-pyrrole nitrogens is 1. The Morgan fingerprint density at radius 2 is 1.21 bits per heavy atom. The Balaban J connectivity index is 1.38. The molecule has 1 atom stereocenters. The van der Waals surface area contributed by atoms with Crippen LogP contribution in [0.4, 0.5) is 0 Å². The second kappa shape index (κ2) is 21.7. The van der Waals surface area contributed by atoms with E-state index in [0.29, 0.717) is 18.0 Å². The summed E-state index contributed by atoms with van der Waals surface area (Å²) in [6.07, 6.45) is 15.4. The Kier molecular flexibility index (Phi) is 16.4. The van der Waals surface area contributed by atoms with Crippen LogP contribution in [0.1, 0.15) is 130 Å². The second-order valence-corrected chi connectivity index (χ2v) is 17.6. The largest absolute Gasteiger partial charge is 0.457 e. The summed E-state index contributed by atoms with van der Waals surface area (Å²) in [4.78, 5) is 54.4. The van der Waals surface area contributed by atoms with Crippen molar-refractivity contribution in [2.24, 2.45) is 5.16 Å². The highest BCUT2D eigenvalue weighted by Crippen LogP contribution is 2.34. The lowest BCUT2D eigenvalue weighted by Crippen LogP contribution is -2.32. The van der Waals surface area contributed by atoms with E-state index in [-0.39, 0.29) is 5.91 Å². The number of amides is 1. The molecule has 0 fully saturated rings. The van der Waals surface area contributed by atoms with Gasteiger partial charge in [-0.1, -0.05) is 130 Å². The van der Waals surface area contributed by atoms with Crippen molar-refractivity contribution >= 4 is 35.7 Å². The fraction of sp³-hybridized carbons (Fsp3) is 0.431. The van der Waals surface area contributed by atoms with E-state index in [1.165, 1.54) is 31.8 Å². The smallest absolute Gasteiger partial charge is 0.351 e. The van der Waals surface area contributed by atoms with Gasteiger partial charge in [-0.05, 0) is 83.2 Å². The summed E-state index contributed by atoms with van der Waals surface area (Å²) in [6.45, 7) is 17.0. The minimum Gasteiger partial charge on any atom is -0.457 e. The van der Waals surface area contributed by atoms with Gasteiger partial charge in [0.05, 0.1) is 17.1 Å². The van der Waals surface area contributed by atoms with Gasteiger partial charge in [-0.2, -0.15) is 0 Å². The van der Waals surface area contributed by atoms with Crippen LogP contribution in [0.5, 0.6) is 0 Å². The van der Waals surface area contributed by atoms with Crippen LogP contribution in [0.2, 0.25) is 0 Å². The van der Waals surface area contributed by atoms with Crippen molar-refractivity contribution in [1.82, 2.24) is 14.9 Å². The molecule has 2 heterocycles. The van der Waals surface area contributed by atoms with Gasteiger partial charge >= 0.3 is 11.9 Å². The molecule has 1 aliphatic rings. The van der Waals surface area contributed by atoms with Crippen molar-refractivity contribution in [3.63, 3.8) is 0 Å². The van der Waals surface area contributed by atoms with Crippen LogP contribution >= 0.6 is 0 Å². The lowest BCUT2D eigenvalue weighted by Gasteiger charge is -2.21. The standard InChI is InChI=1S/C51H64N4O6/c1-9-11-13-15-33-55(34-16-14-12-10-2)44(56)31-21-36-17-23-39(24-18-36)46-47(40-25-19-37(20-26-40)22-32-45(57)59-50(3,4)5)53-48(52-46)41-29-27-38(28-30-41)42-35-43(61-54-42)49(58)60-51(6,7)8/h17-32,43H,9-16,33-35H2,1-8H3,(H,52,53). The van der Waals surface area contributed by atoms with Crippen LogP contribution in [0.25, 0.3) is 46.1 Å². The Hall–Kier alpha value is -5.77. The van der Waals surface area contributed by atoms with Crippen LogP contribution in [-0.2, 0) is 28.7 Å². The molecule has 61 heavy (non-hydrogen) atoms. The summed E-state index contributed by atoms with van der Waals surface area (Å²) in [6, 6.07) is 23.8. The number of carbonyl (C=O) groups excluding carboxylic acids is 3. The number of benzene rings is 3. The number of aromatic nitrogens is 2. The highest BCUT2D eigenvalue weighted by Gasteiger charge is 2.33. The van der Waals surface area contributed by atoms with Gasteiger partial charge in [0.25, 0.3) is 0 Å². The third-order valence-electron chi connectivity index (χ3n) is 10.0. The summed E-state index contributed by atoms with van der Waals surface area (Å²) in [5, 5.41) is 4.19. The van der Waals surface area contributed by atoms with Crippen molar-refractivity contribution in [3.05, 3.63) is 102 Å². The molecule has 0 spiro atoms. The maximum Gasteiger partial charge on any atom is 0.351 e. The number of imidazole rings is 1. The van der Waals surface area contributed by atoms with Gasteiger partial charge in [-0.15, -0.1) is 0 Å². The number of carbonyl (C=O) groups is 3. The van der Waals surface area contributed by atoms with Crippen molar-refractivity contribution in [1.29, 1.82) is 0 Å². The molecule has 1 amide bonds. The molecule has 1 aromatic heterocycles. The fourth-order valence-corrected chi connectivity index (χ4v) is 6.87. The lowest BCUT2D eigenvalue weighted by atomic mass is 10.0. The molecule has 0 aliphatic carbocycles. The molecule has 3 aromatic carbocycles. The highest BCUT2D eigenvalue weighted by atomic mass is 16.7. The summed E-state index contributed by atoms with van der Waals surface area (Å²) in [7, 11) is 0. The van der Waals surface area contributed by atoms with Crippen molar-refractivity contribution in [3.8, 4) is 33.9 Å². The predicted octanol–water partition coefficient (Wildman–Crippen LogP) is 11.6. The molecule has 5 rings (SSSR count). The SMILES string of the molecule is CCCCCCN(CCCCCC)C(=O)C=Cc1ccc(-c2nc(-c3ccc(C4=NOC(C(=O)OC(C)(C)C)C4)cc3)[nH]c2-c2ccc(C=CC(=O)OC(C)(C)C)cc2)cc1. The van der Waals surface area contributed by atoms with E-state index in [1.54, 1.807) is 12.2 Å². The Morgan fingerprint density at radius 3 is 1.77 bits per heavy atom. The van der Waals surface area contributed by atoms with Gasteiger partial charge in [-0.3, -0.25) is 4.79 Å². The Morgan fingerprint density at radius 1 is 0.689 bits per heavy atom. The van der Waals surface area contributed by atoms with Gasteiger partial charge < -0.3 is 24.2 Å². The van der Waals surface area contributed by atoms with Gasteiger partial charge in [0.1, 0.15) is 17.0 Å². The topological polar surface area (TPSA) is 123 Å². The lowest BCUT2D eigenvalue weighted by molar-refractivity contribution is -0.166. The van der Waals surface area contributed by atoms with Crippen LogP contribution < -0.4 is 0 Å². The molecule has 324 valence electrons. The number of hydrogen-bond acceptors (Lipinski definition) is 8. The van der Waals surface area contributed by atoms with Crippen LogP contribution in [0, 0.1) is 0 Å². The fourth-order valence-electron chi connectivity index (χ4n) is 6.87. The first-order chi connectivity index (χ1) is 29.1. The first-order valence-electron chi connectivity index (χ1n) is 21.9. The van der Waals surface area contributed by atoms with E-state index in [1.807, 2.05) is 125 Å². The van der Waals surface area contributed by atoms with E-state index < -0.39 is 29.2 Å². The van der Waals surface area contributed by atoms with Gasteiger partial charge in [0, 0.05) is 48.4 Å². The third kappa shape index (κ3) is 14.4. The van der Waals surface area contributed by atoms with Crippen LogP contribution in [0.3, 0.4) is 0 Å². The van der Waals surface area contributed by atoms with E-state index in [4.69, 9.17) is 19.3 Å². The molecule has 10 heteroatoms. The van der Waals surface area contributed by atoms with Gasteiger partial charge in [0.2, 0.25) is 12.0 Å². The quantitative estimate of drug-likeness (QED) is 0.0567. The summed E-state index contributed by atoms with van der Waals surface area (Å²) in [5.74, 6) is -0.101. The maximum absolute atomic E-state index is 13.4. The molecular formula is C51H64N4O6. The molecule has 10 nitrogen and oxygen atoms in total. The van der Waals surface area contributed by atoms with E-state index in [2.05, 4.69) is 24.0 Å². The zero-order chi connectivity index (χ0) is 44.0. The number of aromatic amines is 1. The molecule has 1 N–H and O–H groups in total. The zero-order valence-corrected chi connectivity index (χ0v) is 37.4. The molecular weight excluding hydrogens is 765 g/mol. The first-order valence-corrected chi connectivity index (χ1v) is 21.9. The molecule has 0 bridgehead atoms. The number of nitrogens with zero attached hydrogens (tertiary/aromatic N) is 3. The number of nitrogens with one attached hydrogen (secondary N) is 1. The van der Waals surface area contributed by atoms with Gasteiger partial charge in [0.15, 0.2) is 0 Å². The van der Waals surface area contributed by atoms with Crippen molar-refractivity contribution < 1.29 is 28.7 Å². The summed E-state index contributed by atoms with van der Waals surface area (Å²) in [5.41, 5.74) is 6.39. The van der Waals surface area contributed by atoms with E-state index in [9.17, 15) is 14.4 Å². The molecule has 0 radical (unpaired) electrons. The number of unbranched alkanes of at least 4 members (excludes halogenated alkanes) is 6. The monoisotopic (exact) mass is 828 g/mol. The maximum atomic E-state index is 13.4. The predicted molar refractivity (Wildman–Crippen MR) is 246 cm³/mol. The summed E-state index contributed by atoms with van der Waals surface area (Å²) < 4.78 is 10.9. The van der Waals surface area contributed by atoms with Crippen molar-refractivity contribution in [2.75, 3.05) is 13.1 Å². The number of ether oxygens (including phenoxy) is 2. The minimum absolute atomic E-state index is 0.0575. The van der Waals surface area contributed by atoms with Crippen LogP contribution in [-0.4, -0.2) is 68.8 Å². The van der Waals surface area contributed by atoms with Gasteiger partial charge in [-0.25, -0.2) is 14.6 Å². The Labute approximate surface area is 362 Å². The second-order valence-electron chi connectivity index (χ2n) is 17.6. The highest BCUT2D eigenvalue weighted by molar-refractivity contribution is 6.03. The summed E-state index contributed by atoms with van der Waals surface area (Å²) >= 11 is 0. The number of esters is 2. The van der Waals surface area contributed by atoms with Crippen LogP contribution in [0.15, 0.2) is 90.1 Å². The molecule has 1 unspecified atom stereocenters. The zero-order valence-electron chi connectivity index (χ0n) is 37.4. The number of hydrogen-bond donors (Lipinski definition) is 1. The first kappa shape index (κ1) is 46.3. The Bertz CT molecular complexity index is 2140. The third-order valence-corrected chi connectivity index (χ3v) is 10.0. The average molecular weight is 829 g/mol. The minimum atomic E-state index is -0.777. The number of oxime groups is 1. The molecule has 0 saturated carbocycles. The number of rotatable bonds is 19. The molecule has 4 aromatic rings. The molecule has 1 aliphatic heterocycles. The van der Waals surface area contributed by atoms with E-state index in [0.717, 1.165) is 83.5 Å². The molecule has 0 saturated heterocycles. The van der Waals surface area contributed by atoms with Crippen molar-refractivity contribution in [2.45, 2.75) is 130 Å².